The Bertz CT molecular complexity index is 368. The van der Waals surface area contributed by atoms with Gasteiger partial charge in [0.2, 0.25) is 0 Å². The monoisotopic (exact) mass is 220 g/mol. The standard InChI is InChI=1S/C13H20N2O/c1-9-6-12(4-5-13(9)14)15-7-10(2)16-11(3)8-15/h4-6,10-11H,7-8,14H2,1-3H3. The summed E-state index contributed by atoms with van der Waals surface area (Å²) in [6.07, 6.45) is 0.586. The number of nitrogens with two attached hydrogens (primary N) is 1. The van der Waals surface area contributed by atoms with Crippen molar-refractivity contribution in [3.63, 3.8) is 0 Å². The molecule has 0 aromatic heterocycles. The zero-order chi connectivity index (χ0) is 11.7. The lowest BCUT2D eigenvalue weighted by molar-refractivity contribution is -0.00521. The van der Waals surface area contributed by atoms with Gasteiger partial charge in [0, 0.05) is 24.5 Å². The summed E-state index contributed by atoms with van der Waals surface area (Å²) in [5, 5.41) is 0. The third-order valence-corrected chi connectivity index (χ3v) is 3.04. The molecule has 1 aromatic carbocycles. The van der Waals surface area contributed by atoms with Crippen molar-refractivity contribution in [2.75, 3.05) is 23.7 Å². The second-order valence-electron chi connectivity index (χ2n) is 4.70. The fourth-order valence-corrected chi connectivity index (χ4v) is 2.25. The molecule has 1 fully saturated rings. The van der Waals surface area contributed by atoms with E-state index >= 15 is 0 Å². The van der Waals surface area contributed by atoms with E-state index in [4.69, 9.17) is 10.5 Å². The lowest BCUT2D eigenvalue weighted by atomic mass is 10.1. The van der Waals surface area contributed by atoms with Gasteiger partial charge >= 0.3 is 0 Å². The summed E-state index contributed by atoms with van der Waals surface area (Å²) in [7, 11) is 0. The number of hydrogen-bond donors (Lipinski definition) is 1. The number of rotatable bonds is 1. The van der Waals surface area contributed by atoms with Crippen LogP contribution in [-0.4, -0.2) is 25.3 Å². The van der Waals surface area contributed by atoms with Gasteiger partial charge in [-0.3, -0.25) is 0 Å². The molecule has 1 saturated heterocycles. The van der Waals surface area contributed by atoms with Crippen molar-refractivity contribution in [1.29, 1.82) is 0 Å². The third kappa shape index (κ3) is 2.30. The van der Waals surface area contributed by atoms with Crippen LogP contribution in [0.3, 0.4) is 0 Å². The average Bonchev–Trinajstić information content (AvgIpc) is 2.20. The molecule has 3 heteroatoms. The van der Waals surface area contributed by atoms with Crippen LogP contribution in [0.5, 0.6) is 0 Å². The van der Waals surface area contributed by atoms with E-state index in [0.29, 0.717) is 12.2 Å². The van der Waals surface area contributed by atoms with E-state index in [9.17, 15) is 0 Å². The van der Waals surface area contributed by atoms with Crippen LogP contribution in [0.25, 0.3) is 0 Å². The number of ether oxygens (including phenoxy) is 1. The zero-order valence-corrected chi connectivity index (χ0v) is 10.2. The van der Waals surface area contributed by atoms with Crippen molar-refractivity contribution in [2.24, 2.45) is 0 Å². The van der Waals surface area contributed by atoms with E-state index in [1.54, 1.807) is 0 Å². The maximum Gasteiger partial charge on any atom is 0.0726 e. The first-order valence-corrected chi connectivity index (χ1v) is 5.83. The van der Waals surface area contributed by atoms with Crippen molar-refractivity contribution in [1.82, 2.24) is 0 Å². The number of aryl methyl sites for hydroxylation is 1. The van der Waals surface area contributed by atoms with Crippen molar-refractivity contribution in [3.8, 4) is 0 Å². The summed E-state index contributed by atoms with van der Waals surface area (Å²) in [5.74, 6) is 0. The van der Waals surface area contributed by atoms with Crippen LogP contribution in [0, 0.1) is 6.92 Å². The molecule has 0 bridgehead atoms. The van der Waals surface area contributed by atoms with E-state index in [-0.39, 0.29) is 0 Å². The topological polar surface area (TPSA) is 38.5 Å². The molecule has 2 N–H and O–H groups in total. The Balaban J connectivity index is 2.19. The molecule has 1 aromatic rings. The molecule has 0 saturated carbocycles. The SMILES string of the molecule is Cc1cc(N2CC(C)OC(C)C2)ccc1N. The molecule has 0 amide bonds. The molecule has 0 radical (unpaired) electrons. The zero-order valence-electron chi connectivity index (χ0n) is 10.2. The number of anilines is 2. The van der Waals surface area contributed by atoms with Crippen LogP contribution in [0.1, 0.15) is 19.4 Å². The maximum absolute atomic E-state index is 5.83. The van der Waals surface area contributed by atoms with Crippen LogP contribution in [0.2, 0.25) is 0 Å². The van der Waals surface area contributed by atoms with Crippen molar-refractivity contribution in [2.45, 2.75) is 33.0 Å². The predicted molar refractivity (Wildman–Crippen MR) is 67.8 cm³/mol. The van der Waals surface area contributed by atoms with Crippen molar-refractivity contribution >= 4 is 11.4 Å². The molecule has 0 aliphatic carbocycles. The average molecular weight is 220 g/mol. The fourth-order valence-electron chi connectivity index (χ4n) is 2.25. The van der Waals surface area contributed by atoms with Crippen molar-refractivity contribution < 1.29 is 4.74 Å². The van der Waals surface area contributed by atoms with Crippen LogP contribution in [0.4, 0.5) is 11.4 Å². The lowest BCUT2D eigenvalue weighted by Gasteiger charge is -2.37. The van der Waals surface area contributed by atoms with Gasteiger partial charge < -0.3 is 15.4 Å². The molecule has 16 heavy (non-hydrogen) atoms. The first-order chi connectivity index (χ1) is 7.56. The minimum atomic E-state index is 0.293. The molecule has 1 aliphatic rings. The highest BCUT2D eigenvalue weighted by Gasteiger charge is 2.22. The largest absolute Gasteiger partial charge is 0.399 e. The van der Waals surface area contributed by atoms with E-state index in [0.717, 1.165) is 24.3 Å². The highest BCUT2D eigenvalue weighted by Crippen LogP contribution is 2.23. The number of nitrogens with zero attached hydrogens (tertiary/aromatic N) is 1. The molecule has 2 atom stereocenters. The summed E-state index contributed by atoms with van der Waals surface area (Å²) in [6, 6.07) is 6.22. The second-order valence-corrected chi connectivity index (χ2v) is 4.70. The van der Waals surface area contributed by atoms with Gasteiger partial charge in [-0.05, 0) is 44.5 Å². The quantitative estimate of drug-likeness (QED) is 0.737. The Labute approximate surface area is 97.2 Å². The van der Waals surface area contributed by atoms with Gasteiger partial charge in [0.25, 0.3) is 0 Å². The molecule has 88 valence electrons. The summed E-state index contributed by atoms with van der Waals surface area (Å²) >= 11 is 0. The van der Waals surface area contributed by atoms with Crippen LogP contribution < -0.4 is 10.6 Å². The van der Waals surface area contributed by atoms with Gasteiger partial charge in [0.1, 0.15) is 0 Å². The molecule has 2 unspecified atom stereocenters. The predicted octanol–water partition coefficient (Wildman–Crippen LogP) is 2.19. The van der Waals surface area contributed by atoms with Crippen LogP contribution >= 0.6 is 0 Å². The van der Waals surface area contributed by atoms with Crippen molar-refractivity contribution in [3.05, 3.63) is 23.8 Å². The highest BCUT2D eigenvalue weighted by atomic mass is 16.5. The molecule has 3 nitrogen and oxygen atoms in total. The number of benzene rings is 1. The van der Waals surface area contributed by atoms with Gasteiger partial charge in [0.05, 0.1) is 12.2 Å². The Kier molecular flexibility index (Phi) is 3.06. The van der Waals surface area contributed by atoms with E-state index in [1.807, 2.05) is 13.0 Å². The lowest BCUT2D eigenvalue weighted by Crippen LogP contribution is -2.45. The number of hydrogen-bond acceptors (Lipinski definition) is 3. The number of morpholine rings is 1. The van der Waals surface area contributed by atoms with Gasteiger partial charge in [0.15, 0.2) is 0 Å². The maximum atomic E-state index is 5.83. The van der Waals surface area contributed by atoms with E-state index in [2.05, 4.69) is 30.9 Å². The highest BCUT2D eigenvalue weighted by molar-refractivity contribution is 5.58. The van der Waals surface area contributed by atoms with Gasteiger partial charge in [-0.2, -0.15) is 0 Å². The van der Waals surface area contributed by atoms with Gasteiger partial charge in [-0.25, -0.2) is 0 Å². The molecule has 1 aliphatic heterocycles. The smallest absolute Gasteiger partial charge is 0.0726 e. The first-order valence-electron chi connectivity index (χ1n) is 5.83. The summed E-state index contributed by atoms with van der Waals surface area (Å²) in [5.41, 5.74) is 9.08. The molecular formula is C13H20N2O. The molecular weight excluding hydrogens is 200 g/mol. The fraction of sp³-hybridized carbons (Fsp3) is 0.538. The number of nitrogen functional groups attached to an aromatic ring is 1. The minimum absolute atomic E-state index is 0.293. The van der Waals surface area contributed by atoms with Gasteiger partial charge in [-0.15, -0.1) is 0 Å². The van der Waals surface area contributed by atoms with E-state index < -0.39 is 0 Å². The Hall–Kier alpha value is -1.22. The molecule has 2 rings (SSSR count). The van der Waals surface area contributed by atoms with Crippen LogP contribution in [-0.2, 0) is 4.74 Å². The third-order valence-electron chi connectivity index (χ3n) is 3.04. The van der Waals surface area contributed by atoms with E-state index in [1.165, 1.54) is 5.69 Å². The Morgan fingerprint density at radius 2 is 1.88 bits per heavy atom. The normalized spacial score (nSPS) is 25.8. The Morgan fingerprint density at radius 1 is 1.25 bits per heavy atom. The second kappa shape index (κ2) is 4.34. The van der Waals surface area contributed by atoms with Crippen LogP contribution in [0.15, 0.2) is 18.2 Å². The summed E-state index contributed by atoms with van der Waals surface area (Å²) in [6.45, 7) is 8.19. The summed E-state index contributed by atoms with van der Waals surface area (Å²) < 4.78 is 5.73. The summed E-state index contributed by atoms with van der Waals surface area (Å²) in [4.78, 5) is 2.37. The minimum Gasteiger partial charge on any atom is -0.399 e. The van der Waals surface area contributed by atoms with Gasteiger partial charge in [-0.1, -0.05) is 0 Å². The Morgan fingerprint density at radius 3 is 2.44 bits per heavy atom. The first kappa shape index (κ1) is 11.3. The molecule has 1 heterocycles. The molecule has 0 spiro atoms.